The molecule has 29 heavy (non-hydrogen) atoms. The van der Waals surface area contributed by atoms with Crippen molar-refractivity contribution in [1.82, 2.24) is 14.8 Å². The second kappa shape index (κ2) is 8.69. The summed E-state index contributed by atoms with van der Waals surface area (Å²) in [4.78, 5) is 33.3. The summed E-state index contributed by atoms with van der Waals surface area (Å²) in [6, 6.07) is 23.4. The molecule has 2 heterocycles. The second-order valence-corrected chi connectivity index (χ2v) is 7.12. The molecule has 0 unspecified atom stereocenters. The van der Waals surface area contributed by atoms with E-state index in [0.717, 1.165) is 16.8 Å². The SMILES string of the molecule is O=C1CCN(C(=O)c2ccc(-c3ccccc3)cc2)CCN1Cc1ccccn1. The Morgan fingerprint density at radius 3 is 2.28 bits per heavy atom. The van der Waals surface area contributed by atoms with E-state index in [1.807, 2.05) is 72.8 Å². The Morgan fingerprint density at radius 2 is 1.55 bits per heavy atom. The number of hydrogen-bond donors (Lipinski definition) is 0. The first-order valence-corrected chi connectivity index (χ1v) is 9.83. The van der Waals surface area contributed by atoms with E-state index in [-0.39, 0.29) is 11.8 Å². The summed E-state index contributed by atoms with van der Waals surface area (Å²) >= 11 is 0. The highest BCUT2D eigenvalue weighted by atomic mass is 16.2. The minimum absolute atomic E-state index is 0.0305. The summed E-state index contributed by atoms with van der Waals surface area (Å²) in [6.45, 7) is 1.96. The highest BCUT2D eigenvalue weighted by Crippen LogP contribution is 2.20. The van der Waals surface area contributed by atoms with Gasteiger partial charge in [-0.25, -0.2) is 0 Å². The maximum Gasteiger partial charge on any atom is 0.253 e. The van der Waals surface area contributed by atoms with Gasteiger partial charge in [-0.05, 0) is 35.4 Å². The molecular weight excluding hydrogens is 362 g/mol. The molecule has 5 heteroatoms. The van der Waals surface area contributed by atoms with Crippen molar-refractivity contribution in [3.63, 3.8) is 0 Å². The predicted molar refractivity (Wildman–Crippen MR) is 112 cm³/mol. The highest BCUT2D eigenvalue weighted by Gasteiger charge is 2.24. The van der Waals surface area contributed by atoms with Crippen molar-refractivity contribution >= 4 is 11.8 Å². The fourth-order valence-corrected chi connectivity index (χ4v) is 3.54. The number of carbonyl (C=O) groups is 2. The van der Waals surface area contributed by atoms with Crippen LogP contribution in [-0.2, 0) is 11.3 Å². The number of carbonyl (C=O) groups excluding carboxylic acids is 2. The lowest BCUT2D eigenvalue weighted by Gasteiger charge is -2.22. The molecule has 2 aromatic carbocycles. The molecule has 0 radical (unpaired) electrons. The van der Waals surface area contributed by atoms with Crippen LogP contribution in [0.1, 0.15) is 22.5 Å². The molecule has 0 saturated carbocycles. The first kappa shape index (κ1) is 18.9. The molecule has 0 spiro atoms. The number of amides is 2. The monoisotopic (exact) mass is 385 g/mol. The Balaban J connectivity index is 1.42. The van der Waals surface area contributed by atoms with E-state index in [1.54, 1.807) is 16.0 Å². The van der Waals surface area contributed by atoms with Crippen LogP contribution < -0.4 is 0 Å². The van der Waals surface area contributed by atoms with Crippen LogP contribution in [0, 0.1) is 0 Å². The average molecular weight is 385 g/mol. The van der Waals surface area contributed by atoms with Gasteiger partial charge in [0, 0.05) is 37.8 Å². The molecule has 3 aromatic rings. The molecule has 1 fully saturated rings. The van der Waals surface area contributed by atoms with E-state index in [2.05, 4.69) is 4.98 Å². The largest absolute Gasteiger partial charge is 0.336 e. The molecule has 1 aliphatic heterocycles. The van der Waals surface area contributed by atoms with Gasteiger partial charge in [0.1, 0.15) is 0 Å². The molecule has 5 nitrogen and oxygen atoms in total. The van der Waals surface area contributed by atoms with E-state index < -0.39 is 0 Å². The first-order valence-electron chi connectivity index (χ1n) is 9.83. The van der Waals surface area contributed by atoms with Crippen LogP contribution in [0.2, 0.25) is 0 Å². The van der Waals surface area contributed by atoms with E-state index in [9.17, 15) is 9.59 Å². The minimum Gasteiger partial charge on any atom is -0.336 e. The van der Waals surface area contributed by atoms with E-state index >= 15 is 0 Å². The van der Waals surface area contributed by atoms with Gasteiger partial charge in [-0.1, -0.05) is 48.5 Å². The standard InChI is InChI=1S/C24H23N3O2/c28-23-13-15-26(16-17-27(23)18-22-8-4-5-14-25-22)24(29)21-11-9-20(10-12-21)19-6-2-1-3-7-19/h1-12,14H,13,15-18H2. The molecule has 0 N–H and O–H groups in total. The Bertz CT molecular complexity index is 972. The van der Waals surface area contributed by atoms with Crippen molar-refractivity contribution in [2.45, 2.75) is 13.0 Å². The summed E-state index contributed by atoms with van der Waals surface area (Å²) in [5.74, 6) is 0.0301. The number of aromatic nitrogens is 1. The zero-order chi connectivity index (χ0) is 20.1. The molecule has 1 saturated heterocycles. The van der Waals surface area contributed by atoms with Gasteiger partial charge in [0.05, 0.1) is 12.2 Å². The Morgan fingerprint density at radius 1 is 0.828 bits per heavy atom. The van der Waals surface area contributed by atoms with Crippen LogP contribution in [0.15, 0.2) is 79.0 Å². The van der Waals surface area contributed by atoms with Crippen LogP contribution in [0.3, 0.4) is 0 Å². The number of benzene rings is 2. The molecule has 0 aliphatic carbocycles. The summed E-state index contributed by atoms with van der Waals surface area (Å²) < 4.78 is 0. The Kier molecular flexibility index (Phi) is 5.66. The van der Waals surface area contributed by atoms with Crippen LogP contribution in [0.4, 0.5) is 0 Å². The molecule has 0 bridgehead atoms. The van der Waals surface area contributed by atoms with Crippen molar-refractivity contribution in [1.29, 1.82) is 0 Å². The fraction of sp³-hybridized carbons (Fsp3) is 0.208. The Labute approximate surface area is 170 Å². The van der Waals surface area contributed by atoms with Gasteiger partial charge in [0.15, 0.2) is 0 Å². The second-order valence-electron chi connectivity index (χ2n) is 7.12. The third-order valence-electron chi connectivity index (χ3n) is 5.19. The van der Waals surface area contributed by atoms with Crippen molar-refractivity contribution in [3.05, 3.63) is 90.3 Å². The minimum atomic E-state index is -0.0305. The molecule has 1 aromatic heterocycles. The maximum absolute atomic E-state index is 13.0. The van der Waals surface area contributed by atoms with Gasteiger partial charge in [-0.15, -0.1) is 0 Å². The lowest BCUT2D eigenvalue weighted by molar-refractivity contribution is -0.131. The number of pyridine rings is 1. The maximum atomic E-state index is 13.0. The zero-order valence-electron chi connectivity index (χ0n) is 16.2. The average Bonchev–Trinajstić information content (AvgIpc) is 2.96. The molecule has 0 atom stereocenters. The van der Waals surface area contributed by atoms with Crippen LogP contribution >= 0.6 is 0 Å². The van der Waals surface area contributed by atoms with Gasteiger partial charge in [-0.3, -0.25) is 14.6 Å². The highest BCUT2D eigenvalue weighted by molar-refractivity contribution is 5.95. The molecule has 1 aliphatic rings. The molecule has 146 valence electrons. The van der Waals surface area contributed by atoms with Gasteiger partial charge >= 0.3 is 0 Å². The van der Waals surface area contributed by atoms with E-state index in [4.69, 9.17) is 0 Å². The smallest absolute Gasteiger partial charge is 0.253 e. The number of rotatable bonds is 4. The summed E-state index contributed by atoms with van der Waals surface area (Å²) in [5, 5.41) is 0. The lowest BCUT2D eigenvalue weighted by atomic mass is 10.0. The summed E-state index contributed by atoms with van der Waals surface area (Å²) in [6.07, 6.45) is 2.06. The topological polar surface area (TPSA) is 53.5 Å². The first-order chi connectivity index (χ1) is 14.2. The third-order valence-corrected chi connectivity index (χ3v) is 5.19. The van der Waals surface area contributed by atoms with Gasteiger partial charge in [0.25, 0.3) is 5.91 Å². The van der Waals surface area contributed by atoms with Crippen molar-refractivity contribution in [2.75, 3.05) is 19.6 Å². The molecule has 2 amide bonds. The Hall–Kier alpha value is -3.47. The van der Waals surface area contributed by atoms with Gasteiger partial charge in [0.2, 0.25) is 5.91 Å². The van der Waals surface area contributed by atoms with Crippen LogP contribution in [0.25, 0.3) is 11.1 Å². The lowest BCUT2D eigenvalue weighted by Crippen LogP contribution is -2.35. The summed E-state index contributed by atoms with van der Waals surface area (Å²) in [7, 11) is 0. The normalized spacial score (nSPS) is 14.6. The third kappa shape index (κ3) is 4.51. The van der Waals surface area contributed by atoms with Crippen LogP contribution in [0.5, 0.6) is 0 Å². The zero-order valence-corrected chi connectivity index (χ0v) is 16.2. The van der Waals surface area contributed by atoms with Gasteiger partial charge < -0.3 is 9.80 Å². The van der Waals surface area contributed by atoms with E-state index in [0.29, 0.717) is 38.2 Å². The summed E-state index contributed by atoms with van der Waals surface area (Å²) in [5.41, 5.74) is 3.71. The van der Waals surface area contributed by atoms with E-state index in [1.165, 1.54) is 0 Å². The van der Waals surface area contributed by atoms with Gasteiger partial charge in [-0.2, -0.15) is 0 Å². The number of hydrogen-bond acceptors (Lipinski definition) is 3. The molecular formula is C24H23N3O2. The van der Waals surface area contributed by atoms with Crippen LogP contribution in [-0.4, -0.2) is 46.2 Å². The van der Waals surface area contributed by atoms with Crippen molar-refractivity contribution in [3.8, 4) is 11.1 Å². The number of nitrogens with zero attached hydrogens (tertiary/aromatic N) is 3. The van der Waals surface area contributed by atoms with Crippen molar-refractivity contribution < 1.29 is 9.59 Å². The quantitative estimate of drug-likeness (QED) is 0.689. The predicted octanol–water partition coefficient (Wildman–Crippen LogP) is 3.62. The fourth-order valence-electron chi connectivity index (χ4n) is 3.54. The molecule has 4 rings (SSSR count). The van der Waals surface area contributed by atoms with Crippen molar-refractivity contribution in [2.24, 2.45) is 0 Å².